The van der Waals surface area contributed by atoms with E-state index in [1.807, 2.05) is 0 Å². The number of hydrogen-bond donors (Lipinski definition) is 1. The minimum atomic E-state index is -0.583. The molecule has 3 atom stereocenters. The van der Waals surface area contributed by atoms with Crippen LogP contribution in [0.1, 0.15) is 58.8 Å². The number of morpholine rings is 1. The van der Waals surface area contributed by atoms with Crippen LogP contribution in [0.4, 0.5) is 4.79 Å². The van der Waals surface area contributed by atoms with Gasteiger partial charge in [-0.15, -0.1) is 0 Å². The summed E-state index contributed by atoms with van der Waals surface area (Å²) in [6.45, 7) is 2.77. The first-order valence-electron chi connectivity index (χ1n) is 11.2. The summed E-state index contributed by atoms with van der Waals surface area (Å²) < 4.78 is 10.9. The standard InChI is InChI=1S/C21H33N3O5.CH4.2H2S/c25-17-14-29-18-7-4-8-24(19(17)18)20(26)16(13-15-5-2-1-3-6-15)22-21(27)23-9-11-28-12-10-23;;;/h15-16,18-19H,1-14H2,(H,22,27);1H4;2*1H2/t16-,18+,19+;;;/m0.../s1. The van der Waals surface area contributed by atoms with Gasteiger partial charge in [0, 0.05) is 19.6 Å². The summed E-state index contributed by atoms with van der Waals surface area (Å²) in [4.78, 5) is 42.1. The van der Waals surface area contributed by atoms with Gasteiger partial charge in [0.05, 0.1) is 19.3 Å². The first kappa shape index (κ1) is 29.1. The van der Waals surface area contributed by atoms with E-state index in [0.717, 1.165) is 25.7 Å². The number of likely N-dealkylation sites (tertiary alicyclic amines) is 1. The highest BCUT2D eigenvalue weighted by Gasteiger charge is 2.46. The van der Waals surface area contributed by atoms with Crippen LogP contribution < -0.4 is 5.32 Å². The second kappa shape index (κ2) is 13.7. The van der Waals surface area contributed by atoms with Crippen molar-refractivity contribution in [1.82, 2.24) is 15.1 Å². The number of piperidine rings is 1. The third kappa shape index (κ3) is 6.77. The lowest BCUT2D eigenvalue weighted by Gasteiger charge is -2.39. The molecule has 0 unspecified atom stereocenters. The fourth-order valence-corrected chi connectivity index (χ4v) is 5.22. The van der Waals surface area contributed by atoms with Crippen LogP contribution in [0.15, 0.2) is 0 Å². The van der Waals surface area contributed by atoms with E-state index in [2.05, 4.69) is 5.32 Å². The van der Waals surface area contributed by atoms with Crippen LogP contribution >= 0.6 is 27.0 Å². The maximum Gasteiger partial charge on any atom is 0.318 e. The zero-order chi connectivity index (χ0) is 20.2. The van der Waals surface area contributed by atoms with Crippen LogP contribution in [-0.4, -0.2) is 85.2 Å². The van der Waals surface area contributed by atoms with Crippen molar-refractivity contribution in [2.24, 2.45) is 5.92 Å². The third-order valence-electron chi connectivity index (χ3n) is 6.82. The zero-order valence-electron chi connectivity index (χ0n) is 18.1. The van der Waals surface area contributed by atoms with Gasteiger partial charge in [0.25, 0.3) is 0 Å². The monoisotopic (exact) mass is 491 g/mol. The van der Waals surface area contributed by atoms with Gasteiger partial charge in [-0.2, -0.15) is 27.0 Å². The second-order valence-electron chi connectivity index (χ2n) is 8.78. The Hall–Kier alpha value is -0.970. The van der Waals surface area contributed by atoms with Gasteiger partial charge in [-0.3, -0.25) is 9.59 Å². The molecule has 0 aromatic rings. The topological polar surface area (TPSA) is 88.2 Å². The van der Waals surface area contributed by atoms with Crippen molar-refractivity contribution < 1.29 is 23.9 Å². The first-order chi connectivity index (χ1) is 14.1. The molecule has 186 valence electrons. The van der Waals surface area contributed by atoms with Gasteiger partial charge in [0.15, 0.2) is 5.78 Å². The molecule has 3 amide bonds. The molecule has 3 aliphatic heterocycles. The fraction of sp³-hybridized carbons (Fsp3) is 0.864. The van der Waals surface area contributed by atoms with E-state index in [-0.39, 0.29) is 64.9 Å². The minimum absolute atomic E-state index is 0. The SMILES string of the molecule is C.O=C1CO[C@@H]2CCCN(C(=O)[C@H](CC3CCCCC3)NC(=O)N3CCOCC3)[C@H]12.S.S. The van der Waals surface area contributed by atoms with Crippen molar-refractivity contribution >= 4 is 44.7 Å². The van der Waals surface area contributed by atoms with Gasteiger partial charge in [-0.25, -0.2) is 4.79 Å². The average Bonchev–Trinajstić information content (AvgIpc) is 3.15. The molecule has 0 aromatic carbocycles. The van der Waals surface area contributed by atoms with Crippen molar-refractivity contribution in [3.63, 3.8) is 0 Å². The van der Waals surface area contributed by atoms with Gasteiger partial charge in [0.2, 0.25) is 5.91 Å². The predicted octanol–water partition coefficient (Wildman–Crippen LogP) is 2.19. The molecule has 0 spiro atoms. The molecule has 0 radical (unpaired) electrons. The normalized spacial score (nSPS) is 26.7. The predicted molar refractivity (Wildman–Crippen MR) is 133 cm³/mol. The molecule has 4 rings (SSSR count). The van der Waals surface area contributed by atoms with E-state index in [1.165, 1.54) is 19.3 Å². The number of Topliss-reactive ketones (excluding diaryl/α,β-unsaturated/α-hetero) is 1. The molecule has 8 nitrogen and oxygen atoms in total. The molecule has 10 heteroatoms. The zero-order valence-corrected chi connectivity index (χ0v) is 20.1. The van der Waals surface area contributed by atoms with Gasteiger partial charge in [-0.05, 0) is 25.2 Å². The number of amides is 3. The molecule has 1 N–H and O–H groups in total. The number of rotatable bonds is 4. The number of ether oxygens (including phenoxy) is 2. The van der Waals surface area contributed by atoms with E-state index in [0.29, 0.717) is 45.2 Å². The summed E-state index contributed by atoms with van der Waals surface area (Å²) in [5.41, 5.74) is 0. The number of carbonyl (C=O) groups is 3. The lowest BCUT2D eigenvalue weighted by Crippen LogP contribution is -2.59. The number of hydrogen-bond acceptors (Lipinski definition) is 5. The van der Waals surface area contributed by atoms with E-state index < -0.39 is 12.1 Å². The Morgan fingerprint density at radius 2 is 1.69 bits per heavy atom. The molecule has 0 bridgehead atoms. The van der Waals surface area contributed by atoms with Crippen LogP contribution in [0.3, 0.4) is 0 Å². The Morgan fingerprint density at radius 3 is 2.38 bits per heavy atom. The van der Waals surface area contributed by atoms with Crippen LogP contribution in [-0.2, 0) is 19.1 Å². The molecule has 4 fully saturated rings. The van der Waals surface area contributed by atoms with Crippen LogP contribution in [0.25, 0.3) is 0 Å². The summed E-state index contributed by atoms with van der Waals surface area (Å²) in [6.07, 6.45) is 7.92. The lowest BCUT2D eigenvalue weighted by molar-refractivity contribution is -0.142. The number of urea groups is 1. The lowest BCUT2D eigenvalue weighted by atomic mass is 9.84. The smallest absolute Gasteiger partial charge is 0.318 e. The first-order valence-corrected chi connectivity index (χ1v) is 11.2. The summed E-state index contributed by atoms with van der Waals surface area (Å²) in [6, 6.07) is -1.27. The van der Waals surface area contributed by atoms with Crippen molar-refractivity contribution in [3.8, 4) is 0 Å². The Kier molecular flexibility index (Phi) is 12.4. The summed E-state index contributed by atoms with van der Waals surface area (Å²) >= 11 is 0. The summed E-state index contributed by atoms with van der Waals surface area (Å²) in [5.74, 6) is 0.309. The van der Waals surface area contributed by atoms with Crippen molar-refractivity contribution in [1.29, 1.82) is 0 Å². The maximum absolute atomic E-state index is 13.5. The Morgan fingerprint density at radius 1 is 1.00 bits per heavy atom. The molecule has 1 saturated carbocycles. The number of carbonyl (C=O) groups excluding carboxylic acids is 3. The number of fused-ring (bicyclic) bond motifs is 1. The largest absolute Gasteiger partial charge is 0.378 e. The van der Waals surface area contributed by atoms with Gasteiger partial charge >= 0.3 is 6.03 Å². The van der Waals surface area contributed by atoms with Crippen molar-refractivity contribution in [3.05, 3.63) is 0 Å². The van der Waals surface area contributed by atoms with Crippen molar-refractivity contribution in [2.75, 3.05) is 39.5 Å². The Bertz CT molecular complexity index is 627. The molecule has 0 aromatic heterocycles. The molecule has 1 aliphatic carbocycles. The summed E-state index contributed by atoms with van der Waals surface area (Å²) in [7, 11) is 0. The minimum Gasteiger partial charge on any atom is -0.378 e. The Labute approximate surface area is 206 Å². The quantitative estimate of drug-likeness (QED) is 0.651. The van der Waals surface area contributed by atoms with Crippen LogP contribution in [0.5, 0.6) is 0 Å². The molecular weight excluding hydrogens is 450 g/mol. The van der Waals surface area contributed by atoms with E-state index >= 15 is 0 Å². The molecule has 3 saturated heterocycles. The van der Waals surface area contributed by atoms with E-state index in [1.54, 1.807) is 9.80 Å². The molecule has 4 aliphatic rings. The molecule has 32 heavy (non-hydrogen) atoms. The van der Waals surface area contributed by atoms with Crippen molar-refractivity contribution in [2.45, 2.75) is 77.0 Å². The number of nitrogens with one attached hydrogen (secondary N) is 1. The maximum atomic E-state index is 13.5. The molecular formula is C22H41N3O5S2. The Balaban J connectivity index is 0.00000171. The highest BCUT2D eigenvalue weighted by atomic mass is 32.1. The number of nitrogens with zero attached hydrogens (tertiary/aromatic N) is 2. The van der Waals surface area contributed by atoms with Gasteiger partial charge in [-0.1, -0.05) is 39.5 Å². The third-order valence-corrected chi connectivity index (χ3v) is 6.82. The second-order valence-corrected chi connectivity index (χ2v) is 8.78. The fourth-order valence-electron chi connectivity index (χ4n) is 5.22. The van der Waals surface area contributed by atoms with Crippen LogP contribution in [0, 0.1) is 5.92 Å². The molecule has 3 heterocycles. The summed E-state index contributed by atoms with van der Waals surface area (Å²) in [5, 5.41) is 3.01. The van der Waals surface area contributed by atoms with E-state index in [4.69, 9.17) is 9.47 Å². The number of ketones is 1. The highest BCUT2D eigenvalue weighted by molar-refractivity contribution is 7.59. The van der Waals surface area contributed by atoms with Crippen LogP contribution in [0.2, 0.25) is 0 Å². The average molecular weight is 492 g/mol. The highest BCUT2D eigenvalue weighted by Crippen LogP contribution is 2.30. The van der Waals surface area contributed by atoms with Gasteiger partial charge < -0.3 is 24.6 Å². The van der Waals surface area contributed by atoms with E-state index in [9.17, 15) is 14.4 Å². The van der Waals surface area contributed by atoms with Gasteiger partial charge in [0.1, 0.15) is 18.7 Å².